The van der Waals surface area contributed by atoms with Crippen molar-refractivity contribution >= 4 is 5.84 Å². The van der Waals surface area contributed by atoms with Crippen LogP contribution in [-0.4, -0.2) is 12.9 Å². The fourth-order valence-corrected chi connectivity index (χ4v) is 1.33. The van der Waals surface area contributed by atoms with E-state index in [4.69, 9.17) is 5.73 Å². The first-order valence-electron chi connectivity index (χ1n) is 4.51. The number of rotatable bonds is 2. The second-order valence-corrected chi connectivity index (χ2v) is 3.39. The lowest BCUT2D eigenvalue weighted by Gasteiger charge is -2.07. The smallest absolute Gasteiger partial charge is 0.170 e. The van der Waals surface area contributed by atoms with Crippen molar-refractivity contribution in [1.82, 2.24) is 0 Å². The van der Waals surface area contributed by atoms with Crippen LogP contribution in [0, 0.1) is 20.8 Å². The SMILES string of the molecule is CO/N=C(\N)c1cc(C)c(C)c(C)c1. The molecule has 1 aromatic rings. The lowest BCUT2D eigenvalue weighted by molar-refractivity contribution is 0.213. The molecule has 0 fully saturated rings. The molecule has 0 aliphatic heterocycles. The normalized spacial score (nSPS) is 11.6. The van der Waals surface area contributed by atoms with Crippen LogP contribution in [0.25, 0.3) is 0 Å². The molecule has 1 rings (SSSR count). The second-order valence-electron chi connectivity index (χ2n) is 3.39. The van der Waals surface area contributed by atoms with Crippen molar-refractivity contribution in [3.8, 4) is 0 Å². The first-order chi connectivity index (χ1) is 6.56. The minimum atomic E-state index is 0.415. The van der Waals surface area contributed by atoms with Crippen LogP contribution in [0.15, 0.2) is 17.3 Å². The molecule has 0 aliphatic rings. The van der Waals surface area contributed by atoms with Crippen molar-refractivity contribution < 1.29 is 4.84 Å². The van der Waals surface area contributed by atoms with E-state index in [9.17, 15) is 0 Å². The molecule has 0 unspecified atom stereocenters. The number of oxime groups is 1. The van der Waals surface area contributed by atoms with E-state index in [1.807, 2.05) is 12.1 Å². The van der Waals surface area contributed by atoms with Gasteiger partial charge in [-0.3, -0.25) is 0 Å². The topological polar surface area (TPSA) is 47.6 Å². The Bertz CT molecular complexity index is 347. The van der Waals surface area contributed by atoms with Gasteiger partial charge in [0.2, 0.25) is 0 Å². The van der Waals surface area contributed by atoms with Gasteiger partial charge in [-0.05, 0) is 49.6 Å². The van der Waals surface area contributed by atoms with Crippen LogP contribution in [0.1, 0.15) is 22.3 Å². The van der Waals surface area contributed by atoms with Crippen LogP contribution in [0.2, 0.25) is 0 Å². The largest absolute Gasteiger partial charge is 0.397 e. The monoisotopic (exact) mass is 192 g/mol. The van der Waals surface area contributed by atoms with Crippen molar-refractivity contribution in [3.05, 3.63) is 34.4 Å². The molecule has 3 heteroatoms. The number of benzene rings is 1. The van der Waals surface area contributed by atoms with Crippen molar-refractivity contribution in [2.45, 2.75) is 20.8 Å². The summed E-state index contributed by atoms with van der Waals surface area (Å²) in [4.78, 5) is 4.63. The number of aryl methyl sites for hydroxylation is 2. The highest BCUT2D eigenvalue weighted by Gasteiger charge is 2.04. The fourth-order valence-electron chi connectivity index (χ4n) is 1.33. The number of nitrogens with two attached hydrogens (primary N) is 1. The standard InChI is InChI=1S/C11H16N2O/c1-7-5-10(11(12)13-14-4)6-8(2)9(7)3/h5-6H,1-4H3,(H2,12,13). The Hall–Kier alpha value is -1.51. The minimum Gasteiger partial charge on any atom is -0.397 e. The van der Waals surface area contributed by atoms with E-state index in [-0.39, 0.29) is 0 Å². The van der Waals surface area contributed by atoms with Gasteiger partial charge in [-0.1, -0.05) is 5.16 Å². The quantitative estimate of drug-likeness (QED) is 0.442. The fraction of sp³-hybridized carbons (Fsp3) is 0.364. The van der Waals surface area contributed by atoms with E-state index in [1.54, 1.807) is 0 Å². The average Bonchev–Trinajstić information content (AvgIpc) is 2.13. The van der Waals surface area contributed by atoms with Crippen LogP contribution in [0.4, 0.5) is 0 Å². The van der Waals surface area contributed by atoms with E-state index in [2.05, 4.69) is 30.8 Å². The molecule has 0 bridgehead atoms. The Morgan fingerprint density at radius 1 is 1.21 bits per heavy atom. The summed E-state index contributed by atoms with van der Waals surface area (Å²) in [5.41, 5.74) is 10.4. The maximum Gasteiger partial charge on any atom is 0.170 e. The predicted molar refractivity (Wildman–Crippen MR) is 58.4 cm³/mol. The van der Waals surface area contributed by atoms with Gasteiger partial charge in [-0.25, -0.2) is 0 Å². The molecule has 0 aromatic heterocycles. The molecule has 0 spiro atoms. The Morgan fingerprint density at radius 2 is 1.71 bits per heavy atom. The van der Waals surface area contributed by atoms with E-state index in [0.717, 1.165) is 5.56 Å². The molecule has 76 valence electrons. The van der Waals surface area contributed by atoms with Crippen LogP contribution in [-0.2, 0) is 4.84 Å². The van der Waals surface area contributed by atoms with E-state index >= 15 is 0 Å². The molecule has 0 saturated heterocycles. The highest BCUT2D eigenvalue weighted by atomic mass is 16.6. The van der Waals surface area contributed by atoms with Gasteiger partial charge in [0, 0.05) is 5.56 Å². The van der Waals surface area contributed by atoms with Gasteiger partial charge in [0.05, 0.1) is 0 Å². The first kappa shape index (κ1) is 10.6. The number of amidine groups is 1. The zero-order valence-electron chi connectivity index (χ0n) is 9.09. The molecule has 3 nitrogen and oxygen atoms in total. The highest BCUT2D eigenvalue weighted by molar-refractivity contribution is 5.97. The molecule has 0 saturated carbocycles. The summed E-state index contributed by atoms with van der Waals surface area (Å²) >= 11 is 0. The summed E-state index contributed by atoms with van der Waals surface area (Å²) in [7, 11) is 1.49. The first-order valence-corrected chi connectivity index (χ1v) is 4.51. The Morgan fingerprint density at radius 3 is 2.14 bits per heavy atom. The summed E-state index contributed by atoms with van der Waals surface area (Å²) < 4.78 is 0. The summed E-state index contributed by atoms with van der Waals surface area (Å²) in [6.07, 6.45) is 0. The molecule has 0 atom stereocenters. The van der Waals surface area contributed by atoms with Crippen LogP contribution in [0.5, 0.6) is 0 Å². The van der Waals surface area contributed by atoms with E-state index in [0.29, 0.717) is 5.84 Å². The number of nitrogens with zero attached hydrogens (tertiary/aromatic N) is 1. The van der Waals surface area contributed by atoms with Crippen molar-refractivity contribution in [1.29, 1.82) is 0 Å². The van der Waals surface area contributed by atoms with Gasteiger partial charge in [0.15, 0.2) is 5.84 Å². The molecule has 0 radical (unpaired) electrons. The van der Waals surface area contributed by atoms with Crippen LogP contribution in [0.3, 0.4) is 0 Å². The van der Waals surface area contributed by atoms with Gasteiger partial charge < -0.3 is 10.6 Å². The van der Waals surface area contributed by atoms with Crippen LogP contribution < -0.4 is 5.73 Å². The summed E-state index contributed by atoms with van der Waals surface area (Å²) in [5.74, 6) is 0.415. The second kappa shape index (κ2) is 4.13. The Labute approximate surface area is 84.6 Å². The summed E-state index contributed by atoms with van der Waals surface area (Å²) in [6.45, 7) is 6.22. The lowest BCUT2D eigenvalue weighted by Crippen LogP contribution is -2.14. The average molecular weight is 192 g/mol. The maximum absolute atomic E-state index is 5.72. The highest BCUT2D eigenvalue weighted by Crippen LogP contribution is 2.15. The van der Waals surface area contributed by atoms with Gasteiger partial charge in [0.1, 0.15) is 7.11 Å². The number of hydrogen-bond acceptors (Lipinski definition) is 2. The third-order valence-corrected chi connectivity index (χ3v) is 2.41. The zero-order chi connectivity index (χ0) is 10.7. The molecule has 0 heterocycles. The maximum atomic E-state index is 5.72. The predicted octanol–water partition coefficient (Wildman–Crippen LogP) is 1.88. The molecule has 14 heavy (non-hydrogen) atoms. The molecule has 0 amide bonds. The van der Waals surface area contributed by atoms with Crippen LogP contribution >= 0.6 is 0 Å². The zero-order valence-corrected chi connectivity index (χ0v) is 9.09. The molecule has 1 aromatic carbocycles. The third-order valence-electron chi connectivity index (χ3n) is 2.41. The van der Waals surface area contributed by atoms with E-state index < -0.39 is 0 Å². The van der Waals surface area contributed by atoms with E-state index in [1.165, 1.54) is 23.8 Å². The molecular weight excluding hydrogens is 176 g/mol. The summed E-state index contributed by atoms with van der Waals surface area (Å²) in [5, 5.41) is 3.70. The molecule has 2 N–H and O–H groups in total. The summed E-state index contributed by atoms with van der Waals surface area (Å²) in [6, 6.07) is 4.03. The van der Waals surface area contributed by atoms with Gasteiger partial charge in [0.25, 0.3) is 0 Å². The lowest BCUT2D eigenvalue weighted by atomic mass is 10.0. The Kier molecular flexibility index (Phi) is 3.12. The third kappa shape index (κ3) is 2.05. The van der Waals surface area contributed by atoms with Crippen molar-refractivity contribution in [2.24, 2.45) is 10.9 Å². The molecular formula is C11H16N2O. The number of hydrogen-bond donors (Lipinski definition) is 1. The van der Waals surface area contributed by atoms with Crippen molar-refractivity contribution in [2.75, 3.05) is 7.11 Å². The minimum absolute atomic E-state index is 0.415. The van der Waals surface area contributed by atoms with Crippen molar-refractivity contribution in [3.63, 3.8) is 0 Å². The van der Waals surface area contributed by atoms with Gasteiger partial charge >= 0.3 is 0 Å². The molecule has 0 aliphatic carbocycles. The Balaban J connectivity index is 3.19. The van der Waals surface area contributed by atoms with Gasteiger partial charge in [-0.15, -0.1) is 0 Å². The van der Waals surface area contributed by atoms with Gasteiger partial charge in [-0.2, -0.15) is 0 Å².